The number of nitrogens with one attached hydrogen (secondary N) is 2. The summed E-state index contributed by atoms with van der Waals surface area (Å²) in [7, 11) is 0. The lowest BCUT2D eigenvalue weighted by Crippen LogP contribution is -2.20. The summed E-state index contributed by atoms with van der Waals surface area (Å²) in [4.78, 5) is 16.5. The van der Waals surface area contributed by atoms with Crippen LogP contribution in [-0.4, -0.2) is 25.8 Å². The Morgan fingerprint density at radius 3 is 2.42 bits per heavy atom. The summed E-state index contributed by atoms with van der Waals surface area (Å²) in [6.07, 6.45) is 3.53. The summed E-state index contributed by atoms with van der Waals surface area (Å²) in [6.45, 7) is 5.88. The summed E-state index contributed by atoms with van der Waals surface area (Å²) >= 11 is 0. The van der Waals surface area contributed by atoms with Crippen LogP contribution in [0.2, 0.25) is 0 Å². The van der Waals surface area contributed by atoms with Crippen LogP contribution in [0.1, 0.15) is 17.0 Å². The maximum Gasteiger partial charge on any atom is 0.323 e. The number of urea groups is 1. The number of hydrogen-bond donors (Lipinski definition) is 2. The van der Waals surface area contributed by atoms with Gasteiger partial charge in [-0.2, -0.15) is 0 Å². The molecule has 2 aromatic carbocycles. The number of benzene rings is 2. The van der Waals surface area contributed by atoms with E-state index in [4.69, 9.17) is 4.74 Å². The fourth-order valence-electron chi connectivity index (χ4n) is 3.01. The van der Waals surface area contributed by atoms with Gasteiger partial charge in [0, 0.05) is 29.8 Å². The highest BCUT2D eigenvalue weighted by Crippen LogP contribution is 2.22. The van der Waals surface area contributed by atoms with Crippen LogP contribution < -0.4 is 15.4 Å². The molecule has 0 aliphatic rings. The molecule has 4 rings (SSSR count). The van der Waals surface area contributed by atoms with E-state index in [9.17, 15) is 4.79 Å². The van der Waals surface area contributed by atoms with Crippen LogP contribution in [0.5, 0.6) is 11.6 Å². The van der Waals surface area contributed by atoms with E-state index in [0.29, 0.717) is 23.1 Å². The fraction of sp³-hybridized carbons (Fsp3) is 0.130. The number of amides is 2. The zero-order valence-corrected chi connectivity index (χ0v) is 17.5. The maximum atomic E-state index is 12.3. The van der Waals surface area contributed by atoms with Crippen molar-refractivity contribution in [1.82, 2.24) is 19.7 Å². The standard InChI is InChI=1S/C23H22N6O2/c1-15-5-4-6-20(16(15)2)26-23(30)25-18-7-9-19(10-8-18)31-22-12-11-21(27-28-22)29-14-13-24-17(29)3/h4-14H,1-3H3,(H2,25,26,30). The van der Waals surface area contributed by atoms with Crippen LogP contribution in [0.4, 0.5) is 16.2 Å². The molecule has 0 fully saturated rings. The topological polar surface area (TPSA) is 94.0 Å². The number of rotatable bonds is 5. The molecule has 0 aliphatic carbocycles. The Hall–Kier alpha value is -4.20. The van der Waals surface area contributed by atoms with Gasteiger partial charge in [-0.3, -0.25) is 4.57 Å². The van der Waals surface area contributed by atoms with Gasteiger partial charge < -0.3 is 15.4 Å². The third kappa shape index (κ3) is 4.69. The molecule has 8 nitrogen and oxygen atoms in total. The summed E-state index contributed by atoms with van der Waals surface area (Å²) in [5, 5.41) is 14.0. The summed E-state index contributed by atoms with van der Waals surface area (Å²) in [6, 6.07) is 16.1. The maximum absolute atomic E-state index is 12.3. The Morgan fingerprint density at radius 2 is 1.74 bits per heavy atom. The van der Waals surface area contributed by atoms with Crippen molar-refractivity contribution in [3.63, 3.8) is 0 Å². The number of ether oxygens (including phenoxy) is 1. The molecule has 2 amide bonds. The minimum Gasteiger partial charge on any atom is -0.438 e. The second kappa shape index (κ2) is 8.66. The Labute approximate surface area is 179 Å². The van der Waals surface area contributed by atoms with Gasteiger partial charge >= 0.3 is 6.03 Å². The molecule has 0 saturated heterocycles. The van der Waals surface area contributed by atoms with Gasteiger partial charge in [0.15, 0.2) is 5.82 Å². The van der Waals surface area contributed by atoms with E-state index in [1.807, 2.05) is 55.8 Å². The number of imidazole rings is 1. The molecule has 0 spiro atoms. The van der Waals surface area contributed by atoms with Crippen LogP contribution >= 0.6 is 0 Å². The quantitative estimate of drug-likeness (QED) is 0.478. The summed E-state index contributed by atoms with van der Waals surface area (Å²) < 4.78 is 7.57. The molecule has 0 atom stereocenters. The first-order valence-electron chi connectivity index (χ1n) is 9.76. The second-order valence-corrected chi connectivity index (χ2v) is 7.03. The molecule has 0 radical (unpaired) electrons. The molecule has 8 heteroatoms. The lowest BCUT2D eigenvalue weighted by atomic mass is 10.1. The third-order valence-electron chi connectivity index (χ3n) is 4.89. The van der Waals surface area contributed by atoms with Crippen molar-refractivity contribution in [3.05, 3.63) is 83.9 Å². The molecule has 0 saturated carbocycles. The first-order chi connectivity index (χ1) is 15.0. The van der Waals surface area contributed by atoms with Crippen LogP contribution in [0.25, 0.3) is 5.82 Å². The van der Waals surface area contributed by atoms with Crippen molar-refractivity contribution in [3.8, 4) is 17.4 Å². The Kier molecular flexibility index (Phi) is 5.61. The number of aryl methyl sites for hydroxylation is 2. The summed E-state index contributed by atoms with van der Waals surface area (Å²) in [5.74, 6) is 2.45. The normalized spacial score (nSPS) is 10.5. The highest BCUT2D eigenvalue weighted by molar-refractivity contribution is 6.00. The molecular weight excluding hydrogens is 392 g/mol. The van der Waals surface area contributed by atoms with Gasteiger partial charge in [0.1, 0.15) is 11.6 Å². The van der Waals surface area contributed by atoms with Crippen LogP contribution in [0, 0.1) is 20.8 Å². The molecule has 2 N–H and O–H groups in total. The van der Waals surface area contributed by atoms with Crippen molar-refractivity contribution in [2.75, 3.05) is 10.6 Å². The second-order valence-electron chi connectivity index (χ2n) is 7.03. The zero-order valence-electron chi connectivity index (χ0n) is 17.5. The average molecular weight is 414 g/mol. The van der Waals surface area contributed by atoms with Crippen molar-refractivity contribution in [1.29, 1.82) is 0 Å². The van der Waals surface area contributed by atoms with E-state index in [1.165, 1.54) is 0 Å². The Bertz CT molecular complexity index is 1200. The Balaban J connectivity index is 1.36. The number of carbonyl (C=O) groups excluding carboxylic acids is 1. The van der Waals surface area contributed by atoms with Crippen molar-refractivity contribution >= 4 is 17.4 Å². The summed E-state index contributed by atoms with van der Waals surface area (Å²) in [5.41, 5.74) is 3.59. The number of nitrogens with zero attached hydrogens (tertiary/aromatic N) is 4. The van der Waals surface area contributed by atoms with Crippen LogP contribution in [-0.2, 0) is 0 Å². The monoisotopic (exact) mass is 414 g/mol. The lowest BCUT2D eigenvalue weighted by Gasteiger charge is -2.12. The molecule has 4 aromatic rings. The van der Waals surface area contributed by atoms with Crippen LogP contribution in [0.3, 0.4) is 0 Å². The average Bonchev–Trinajstić information content (AvgIpc) is 3.19. The largest absolute Gasteiger partial charge is 0.438 e. The van der Waals surface area contributed by atoms with Gasteiger partial charge in [0.2, 0.25) is 5.88 Å². The van der Waals surface area contributed by atoms with E-state index in [1.54, 1.807) is 36.5 Å². The molecule has 31 heavy (non-hydrogen) atoms. The molecule has 156 valence electrons. The predicted molar refractivity (Wildman–Crippen MR) is 119 cm³/mol. The number of anilines is 2. The van der Waals surface area contributed by atoms with Gasteiger partial charge in [-0.05, 0) is 68.3 Å². The predicted octanol–water partition coefficient (Wildman–Crippen LogP) is 5.02. The first kappa shape index (κ1) is 20.1. The molecule has 0 aliphatic heterocycles. The highest BCUT2D eigenvalue weighted by atomic mass is 16.5. The molecule has 0 unspecified atom stereocenters. The lowest BCUT2D eigenvalue weighted by molar-refractivity contribution is 0.262. The van der Waals surface area contributed by atoms with Crippen molar-refractivity contribution in [2.24, 2.45) is 0 Å². The number of hydrogen-bond acceptors (Lipinski definition) is 5. The first-order valence-corrected chi connectivity index (χ1v) is 9.76. The molecular formula is C23H22N6O2. The highest BCUT2D eigenvalue weighted by Gasteiger charge is 2.08. The number of carbonyl (C=O) groups is 1. The third-order valence-corrected chi connectivity index (χ3v) is 4.89. The smallest absolute Gasteiger partial charge is 0.323 e. The SMILES string of the molecule is Cc1cccc(NC(=O)Nc2ccc(Oc3ccc(-n4ccnc4C)nn3)cc2)c1C. The minimum atomic E-state index is -0.307. The van der Waals surface area contributed by atoms with Gasteiger partial charge in [-0.1, -0.05) is 12.1 Å². The van der Waals surface area contributed by atoms with Gasteiger partial charge in [0.25, 0.3) is 0 Å². The van der Waals surface area contributed by atoms with E-state index >= 15 is 0 Å². The molecule has 2 aromatic heterocycles. The van der Waals surface area contributed by atoms with Crippen molar-refractivity contribution in [2.45, 2.75) is 20.8 Å². The Morgan fingerprint density at radius 1 is 0.935 bits per heavy atom. The van der Waals surface area contributed by atoms with Crippen LogP contribution in [0.15, 0.2) is 67.0 Å². The zero-order chi connectivity index (χ0) is 21.8. The van der Waals surface area contributed by atoms with E-state index in [0.717, 1.165) is 22.6 Å². The number of aromatic nitrogens is 4. The van der Waals surface area contributed by atoms with Gasteiger partial charge in [-0.15, -0.1) is 10.2 Å². The van der Waals surface area contributed by atoms with Gasteiger partial charge in [0.05, 0.1) is 0 Å². The molecule has 2 heterocycles. The fourth-order valence-corrected chi connectivity index (χ4v) is 3.01. The molecule has 0 bridgehead atoms. The van der Waals surface area contributed by atoms with Gasteiger partial charge in [-0.25, -0.2) is 9.78 Å². The minimum absolute atomic E-state index is 0.307. The van der Waals surface area contributed by atoms with E-state index < -0.39 is 0 Å². The van der Waals surface area contributed by atoms with E-state index in [2.05, 4.69) is 25.8 Å². The van der Waals surface area contributed by atoms with Crippen molar-refractivity contribution < 1.29 is 9.53 Å². The van der Waals surface area contributed by atoms with E-state index in [-0.39, 0.29) is 6.03 Å².